The molecule has 1 nitrogen and oxygen atoms in total. The van der Waals surface area contributed by atoms with E-state index < -0.39 is 0 Å². The van der Waals surface area contributed by atoms with Crippen molar-refractivity contribution in [3.8, 4) is 11.1 Å². The molecule has 0 atom stereocenters. The highest BCUT2D eigenvalue weighted by Crippen LogP contribution is 2.24. The largest absolute Gasteiger partial charge is 0.323 e. The van der Waals surface area contributed by atoms with Crippen molar-refractivity contribution in [2.45, 2.75) is 6.92 Å². The van der Waals surface area contributed by atoms with Gasteiger partial charge < -0.3 is 4.40 Å². The minimum Gasteiger partial charge on any atom is -0.323 e. The number of hydrogen-bond donors (Lipinski definition) is 0. The predicted molar refractivity (Wildman–Crippen MR) is 67.5 cm³/mol. The first-order valence-electron chi connectivity index (χ1n) is 5.57. The van der Waals surface area contributed by atoms with Crippen molar-refractivity contribution in [2.24, 2.45) is 0 Å². The van der Waals surface area contributed by atoms with Gasteiger partial charge in [-0.25, -0.2) is 4.39 Å². The highest BCUT2D eigenvalue weighted by molar-refractivity contribution is 5.72. The van der Waals surface area contributed by atoms with Gasteiger partial charge in [0.2, 0.25) is 0 Å². The van der Waals surface area contributed by atoms with Crippen molar-refractivity contribution < 1.29 is 4.39 Å². The first kappa shape index (κ1) is 10.1. The van der Waals surface area contributed by atoms with E-state index in [0.717, 1.165) is 11.1 Å². The van der Waals surface area contributed by atoms with Crippen molar-refractivity contribution in [3.63, 3.8) is 0 Å². The van der Waals surface area contributed by atoms with Crippen LogP contribution in [0.15, 0.2) is 54.9 Å². The van der Waals surface area contributed by atoms with Gasteiger partial charge in [-0.3, -0.25) is 0 Å². The lowest BCUT2D eigenvalue weighted by molar-refractivity contribution is 0.628. The molecule has 0 aliphatic carbocycles. The molecule has 0 spiro atoms. The molecule has 2 aromatic heterocycles. The third kappa shape index (κ3) is 1.72. The van der Waals surface area contributed by atoms with E-state index in [1.165, 1.54) is 23.2 Å². The molecule has 3 rings (SSSR count). The fourth-order valence-corrected chi connectivity index (χ4v) is 2.08. The monoisotopic (exact) mass is 225 g/mol. The maximum atomic E-state index is 12.9. The van der Waals surface area contributed by atoms with Crippen molar-refractivity contribution >= 4 is 5.52 Å². The second kappa shape index (κ2) is 3.74. The highest BCUT2D eigenvalue weighted by Gasteiger charge is 2.03. The Labute approximate surface area is 99.1 Å². The van der Waals surface area contributed by atoms with E-state index in [2.05, 4.69) is 29.7 Å². The van der Waals surface area contributed by atoms with E-state index in [9.17, 15) is 4.39 Å². The van der Waals surface area contributed by atoms with E-state index in [4.69, 9.17) is 0 Å². The van der Waals surface area contributed by atoms with Gasteiger partial charge in [0, 0.05) is 23.5 Å². The molecular formula is C15H12FN. The van der Waals surface area contributed by atoms with Gasteiger partial charge in [0.05, 0.1) is 0 Å². The van der Waals surface area contributed by atoms with Crippen LogP contribution < -0.4 is 0 Å². The summed E-state index contributed by atoms with van der Waals surface area (Å²) < 4.78 is 15.0. The third-order valence-electron chi connectivity index (χ3n) is 3.02. The van der Waals surface area contributed by atoms with Gasteiger partial charge in [0.15, 0.2) is 0 Å². The molecule has 0 unspecified atom stereocenters. The van der Waals surface area contributed by atoms with Crippen molar-refractivity contribution in [2.75, 3.05) is 0 Å². The Morgan fingerprint density at radius 1 is 1.00 bits per heavy atom. The zero-order valence-corrected chi connectivity index (χ0v) is 9.52. The molecule has 0 aliphatic rings. The number of rotatable bonds is 1. The molecule has 0 radical (unpaired) electrons. The van der Waals surface area contributed by atoms with Crippen LogP contribution in [0.25, 0.3) is 16.6 Å². The molecule has 0 bridgehead atoms. The molecular weight excluding hydrogens is 213 g/mol. The smallest absolute Gasteiger partial charge is 0.123 e. The summed E-state index contributed by atoms with van der Waals surface area (Å²) in [7, 11) is 0. The lowest BCUT2D eigenvalue weighted by atomic mass is 10.1. The molecule has 0 aliphatic heterocycles. The lowest BCUT2D eigenvalue weighted by Crippen LogP contribution is -1.82. The number of halogens is 1. The third-order valence-corrected chi connectivity index (χ3v) is 3.02. The zero-order chi connectivity index (χ0) is 11.8. The second-order valence-corrected chi connectivity index (χ2v) is 4.22. The Bertz CT molecular complexity index is 665. The van der Waals surface area contributed by atoms with Crippen LogP contribution in [-0.2, 0) is 0 Å². The fourth-order valence-electron chi connectivity index (χ4n) is 2.08. The molecule has 0 saturated heterocycles. The Hall–Kier alpha value is -2.09. The maximum absolute atomic E-state index is 12.9. The molecule has 17 heavy (non-hydrogen) atoms. The van der Waals surface area contributed by atoms with Gasteiger partial charge in [0.1, 0.15) is 5.82 Å². The Morgan fingerprint density at radius 2 is 1.76 bits per heavy atom. The van der Waals surface area contributed by atoms with Crippen molar-refractivity contribution in [1.29, 1.82) is 0 Å². The number of nitrogens with zero attached hydrogens (tertiary/aromatic N) is 1. The van der Waals surface area contributed by atoms with Crippen LogP contribution in [0.2, 0.25) is 0 Å². The first-order valence-corrected chi connectivity index (χ1v) is 5.57. The first-order chi connectivity index (χ1) is 8.24. The minimum atomic E-state index is -0.200. The van der Waals surface area contributed by atoms with Crippen LogP contribution in [0.3, 0.4) is 0 Å². The molecule has 0 saturated carbocycles. The van der Waals surface area contributed by atoms with E-state index in [1.807, 2.05) is 12.3 Å². The second-order valence-electron chi connectivity index (χ2n) is 4.22. The lowest BCUT2D eigenvalue weighted by Gasteiger charge is -1.95. The summed E-state index contributed by atoms with van der Waals surface area (Å²) in [5.74, 6) is -0.200. The topological polar surface area (TPSA) is 4.41 Å². The number of pyridine rings is 1. The Kier molecular flexibility index (Phi) is 2.22. The number of aromatic nitrogens is 1. The molecule has 2 heterocycles. The Morgan fingerprint density at radius 3 is 2.47 bits per heavy atom. The summed E-state index contributed by atoms with van der Waals surface area (Å²) in [4.78, 5) is 0. The van der Waals surface area contributed by atoms with Gasteiger partial charge in [0.25, 0.3) is 0 Å². The number of fused-ring (bicyclic) bond motifs is 1. The van der Waals surface area contributed by atoms with Crippen LogP contribution in [0.4, 0.5) is 4.39 Å². The van der Waals surface area contributed by atoms with E-state index in [1.54, 1.807) is 12.1 Å². The molecule has 84 valence electrons. The SMILES string of the molecule is Cc1cccn2cc(-c3ccc(F)cc3)cc12. The summed E-state index contributed by atoms with van der Waals surface area (Å²) in [6.07, 6.45) is 4.09. The number of hydrogen-bond acceptors (Lipinski definition) is 0. The summed E-state index contributed by atoms with van der Waals surface area (Å²) in [5, 5.41) is 0. The standard InChI is InChI=1S/C15H12FN/c1-11-3-2-8-17-10-13(9-15(11)17)12-4-6-14(16)7-5-12/h2-10H,1H3. The average Bonchev–Trinajstić information content (AvgIpc) is 2.75. The summed E-state index contributed by atoms with van der Waals surface area (Å²) in [5.41, 5.74) is 4.57. The molecule has 0 fully saturated rings. The van der Waals surface area contributed by atoms with Crippen LogP contribution in [0.5, 0.6) is 0 Å². The van der Waals surface area contributed by atoms with Crippen LogP contribution in [0, 0.1) is 12.7 Å². The summed E-state index contributed by atoms with van der Waals surface area (Å²) in [6.45, 7) is 2.09. The molecule has 0 N–H and O–H groups in total. The van der Waals surface area contributed by atoms with E-state index in [-0.39, 0.29) is 5.82 Å². The van der Waals surface area contributed by atoms with Crippen LogP contribution in [-0.4, -0.2) is 4.40 Å². The van der Waals surface area contributed by atoms with Crippen LogP contribution >= 0.6 is 0 Å². The van der Waals surface area contributed by atoms with Gasteiger partial charge in [-0.05, 0) is 42.3 Å². The fraction of sp³-hybridized carbons (Fsp3) is 0.0667. The molecule has 3 aromatic rings. The Balaban J connectivity index is 2.18. The average molecular weight is 225 g/mol. The van der Waals surface area contributed by atoms with Crippen molar-refractivity contribution in [3.05, 3.63) is 66.2 Å². The van der Waals surface area contributed by atoms with Gasteiger partial charge >= 0.3 is 0 Å². The highest BCUT2D eigenvalue weighted by atomic mass is 19.1. The molecule has 1 aromatic carbocycles. The van der Waals surface area contributed by atoms with Gasteiger partial charge in [-0.2, -0.15) is 0 Å². The quantitative estimate of drug-likeness (QED) is 0.588. The molecule has 2 heteroatoms. The number of benzene rings is 1. The van der Waals surface area contributed by atoms with E-state index in [0.29, 0.717) is 0 Å². The normalized spacial score (nSPS) is 10.9. The van der Waals surface area contributed by atoms with Gasteiger partial charge in [-0.15, -0.1) is 0 Å². The zero-order valence-electron chi connectivity index (χ0n) is 9.52. The van der Waals surface area contributed by atoms with Crippen molar-refractivity contribution in [1.82, 2.24) is 4.40 Å². The van der Waals surface area contributed by atoms with Gasteiger partial charge in [-0.1, -0.05) is 18.2 Å². The minimum absolute atomic E-state index is 0.200. The summed E-state index contributed by atoms with van der Waals surface area (Å²) >= 11 is 0. The predicted octanol–water partition coefficient (Wildman–Crippen LogP) is 4.05. The number of aryl methyl sites for hydroxylation is 1. The van der Waals surface area contributed by atoms with E-state index >= 15 is 0 Å². The maximum Gasteiger partial charge on any atom is 0.123 e. The van der Waals surface area contributed by atoms with Crippen LogP contribution in [0.1, 0.15) is 5.56 Å². The summed E-state index contributed by atoms with van der Waals surface area (Å²) in [6, 6.07) is 12.8. The molecule has 0 amide bonds.